The number of pyridine rings is 2. The highest BCUT2D eigenvalue weighted by atomic mass is 16.2. The molecule has 30 heavy (non-hydrogen) atoms. The number of hydrogen-bond donors (Lipinski definition) is 2. The Hall–Kier alpha value is -3.28. The van der Waals surface area contributed by atoms with Crippen molar-refractivity contribution in [3.63, 3.8) is 0 Å². The molecule has 6 heteroatoms. The van der Waals surface area contributed by atoms with E-state index in [0.29, 0.717) is 29.1 Å². The SMILES string of the molecule is CC1=C(C(=O)Nc2ccc(C)cn2)C(c2ccccn2)C2=C(CC(C)(C)CC2=O)N1. The summed E-state index contributed by atoms with van der Waals surface area (Å²) in [5.41, 5.74) is 4.38. The number of allylic oxidation sites excluding steroid dienone is 3. The summed E-state index contributed by atoms with van der Waals surface area (Å²) in [5.74, 6) is -0.245. The van der Waals surface area contributed by atoms with E-state index < -0.39 is 5.92 Å². The lowest BCUT2D eigenvalue weighted by Gasteiger charge is -2.39. The lowest BCUT2D eigenvalue weighted by molar-refractivity contribution is -0.118. The van der Waals surface area contributed by atoms with Crippen LogP contribution in [0.15, 0.2) is 65.3 Å². The Labute approximate surface area is 176 Å². The normalized spacial score (nSPS) is 20.5. The quantitative estimate of drug-likeness (QED) is 0.810. The van der Waals surface area contributed by atoms with Gasteiger partial charge < -0.3 is 10.6 Å². The van der Waals surface area contributed by atoms with E-state index in [1.54, 1.807) is 18.5 Å². The molecule has 4 rings (SSSR count). The molecule has 2 aromatic rings. The lowest BCUT2D eigenvalue weighted by Crippen LogP contribution is -2.39. The van der Waals surface area contributed by atoms with Gasteiger partial charge in [0.1, 0.15) is 5.82 Å². The molecule has 1 aliphatic carbocycles. The number of Topliss-reactive ketones (excluding diaryl/α,β-unsaturated/α-hetero) is 1. The molecule has 1 atom stereocenters. The summed E-state index contributed by atoms with van der Waals surface area (Å²) in [6, 6.07) is 9.26. The largest absolute Gasteiger partial charge is 0.362 e. The molecule has 0 spiro atoms. The van der Waals surface area contributed by atoms with Crippen LogP contribution >= 0.6 is 0 Å². The van der Waals surface area contributed by atoms with E-state index in [1.807, 2.05) is 38.1 Å². The van der Waals surface area contributed by atoms with E-state index in [9.17, 15) is 9.59 Å². The predicted octanol–water partition coefficient (Wildman–Crippen LogP) is 4.03. The molecule has 1 unspecified atom stereocenters. The maximum Gasteiger partial charge on any atom is 0.255 e. The monoisotopic (exact) mass is 402 g/mol. The Kier molecular flexibility index (Phi) is 5.02. The first-order valence-electron chi connectivity index (χ1n) is 10.1. The van der Waals surface area contributed by atoms with Crippen LogP contribution in [0.1, 0.15) is 50.8 Å². The van der Waals surface area contributed by atoms with E-state index in [-0.39, 0.29) is 17.1 Å². The molecule has 1 aliphatic heterocycles. The Morgan fingerprint density at radius 2 is 1.93 bits per heavy atom. The molecule has 0 aromatic carbocycles. The molecule has 2 aromatic heterocycles. The van der Waals surface area contributed by atoms with Crippen molar-refractivity contribution in [2.75, 3.05) is 5.32 Å². The van der Waals surface area contributed by atoms with Crippen LogP contribution in [-0.4, -0.2) is 21.7 Å². The van der Waals surface area contributed by atoms with Crippen molar-refractivity contribution in [3.05, 3.63) is 76.5 Å². The Bertz CT molecular complexity index is 1070. The molecule has 0 radical (unpaired) electrons. The van der Waals surface area contributed by atoms with Gasteiger partial charge in [0.2, 0.25) is 0 Å². The molecule has 0 bridgehead atoms. The highest BCUT2D eigenvalue weighted by Gasteiger charge is 2.43. The van der Waals surface area contributed by atoms with Crippen molar-refractivity contribution < 1.29 is 9.59 Å². The fraction of sp³-hybridized carbons (Fsp3) is 0.333. The molecule has 0 fully saturated rings. The van der Waals surface area contributed by atoms with Gasteiger partial charge in [-0.15, -0.1) is 0 Å². The number of anilines is 1. The van der Waals surface area contributed by atoms with Gasteiger partial charge in [0.15, 0.2) is 5.78 Å². The van der Waals surface area contributed by atoms with Gasteiger partial charge in [0.25, 0.3) is 5.91 Å². The third-order valence-corrected chi connectivity index (χ3v) is 5.62. The van der Waals surface area contributed by atoms with E-state index in [1.165, 1.54) is 0 Å². The molecule has 1 amide bonds. The fourth-order valence-corrected chi connectivity index (χ4v) is 4.30. The minimum Gasteiger partial charge on any atom is -0.362 e. The first-order chi connectivity index (χ1) is 14.2. The molecule has 154 valence electrons. The maximum absolute atomic E-state index is 13.3. The number of aryl methyl sites for hydroxylation is 1. The average Bonchev–Trinajstić information content (AvgIpc) is 2.68. The van der Waals surface area contributed by atoms with Crippen LogP contribution in [0.2, 0.25) is 0 Å². The second kappa shape index (κ2) is 7.52. The smallest absolute Gasteiger partial charge is 0.255 e. The van der Waals surface area contributed by atoms with Crippen molar-refractivity contribution in [3.8, 4) is 0 Å². The number of dihydropyridines is 1. The summed E-state index contributed by atoms with van der Waals surface area (Å²) in [7, 11) is 0. The molecule has 6 nitrogen and oxygen atoms in total. The summed E-state index contributed by atoms with van der Waals surface area (Å²) in [6.07, 6.45) is 4.61. The average molecular weight is 402 g/mol. The van der Waals surface area contributed by atoms with E-state index >= 15 is 0 Å². The van der Waals surface area contributed by atoms with E-state index in [0.717, 1.165) is 23.4 Å². The minimum atomic E-state index is -0.503. The van der Waals surface area contributed by atoms with Crippen LogP contribution in [0.5, 0.6) is 0 Å². The third kappa shape index (κ3) is 3.77. The molecule has 0 saturated heterocycles. The highest BCUT2D eigenvalue weighted by molar-refractivity contribution is 6.09. The first-order valence-corrected chi connectivity index (χ1v) is 10.1. The van der Waals surface area contributed by atoms with Crippen molar-refractivity contribution in [2.24, 2.45) is 5.41 Å². The molecular formula is C24H26N4O2. The second-order valence-corrected chi connectivity index (χ2v) is 8.86. The van der Waals surface area contributed by atoms with Gasteiger partial charge in [-0.05, 0) is 49.4 Å². The Balaban J connectivity index is 1.78. The second-order valence-electron chi connectivity index (χ2n) is 8.86. The van der Waals surface area contributed by atoms with Crippen LogP contribution in [0.3, 0.4) is 0 Å². The molecule has 3 heterocycles. The summed E-state index contributed by atoms with van der Waals surface area (Å²) >= 11 is 0. The van der Waals surface area contributed by atoms with E-state index in [4.69, 9.17) is 0 Å². The maximum atomic E-state index is 13.3. The first kappa shape index (κ1) is 20.0. The molecule has 2 N–H and O–H groups in total. The topological polar surface area (TPSA) is 84.0 Å². The molecular weight excluding hydrogens is 376 g/mol. The Morgan fingerprint density at radius 1 is 1.13 bits per heavy atom. The van der Waals surface area contributed by atoms with Crippen molar-refractivity contribution in [1.29, 1.82) is 0 Å². The summed E-state index contributed by atoms with van der Waals surface area (Å²) in [5, 5.41) is 6.25. The number of nitrogens with one attached hydrogen (secondary N) is 2. The van der Waals surface area contributed by atoms with E-state index in [2.05, 4.69) is 34.4 Å². The van der Waals surface area contributed by atoms with Crippen molar-refractivity contribution in [1.82, 2.24) is 15.3 Å². The minimum absolute atomic E-state index is 0.0654. The van der Waals surface area contributed by atoms with Gasteiger partial charge in [0.05, 0.1) is 11.6 Å². The van der Waals surface area contributed by atoms with Gasteiger partial charge in [-0.25, -0.2) is 4.98 Å². The lowest BCUT2D eigenvalue weighted by atomic mass is 9.69. The standard InChI is InChI=1S/C24H26N4O2/c1-14-8-9-19(26-13-14)28-23(30)20-15(2)27-17-11-24(3,4)12-18(29)21(17)22(20)16-7-5-6-10-25-16/h5-10,13,22,27H,11-12H2,1-4H3,(H,26,28,30). The van der Waals surface area contributed by atoms with Gasteiger partial charge >= 0.3 is 0 Å². The van der Waals surface area contributed by atoms with Crippen LogP contribution in [0.25, 0.3) is 0 Å². The zero-order valence-corrected chi connectivity index (χ0v) is 17.7. The Morgan fingerprint density at radius 3 is 2.60 bits per heavy atom. The van der Waals surface area contributed by atoms with Crippen LogP contribution in [0.4, 0.5) is 5.82 Å². The van der Waals surface area contributed by atoms with Crippen molar-refractivity contribution in [2.45, 2.75) is 46.5 Å². The number of hydrogen-bond acceptors (Lipinski definition) is 5. The zero-order chi connectivity index (χ0) is 21.5. The number of aromatic nitrogens is 2. The number of rotatable bonds is 3. The van der Waals surface area contributed by atoms with Gasteiger partial charge in [-0.1, -0.05) is 26.0 Å². The third-order valence-electron chi connectivity index (χ3n) is 5.62. The van der Waals surface area contributed by atoms with Gasteiger partial charge in [-0.3, -0.25) is 14.6 Å². The van der Waals surface area contributed by atoms with Crippen LogP contribution in [0, 0.1) is 12.3 Å². The predicted molar refractivity (Wildman–Crippen MR) is 115 cm³/mol. The number of amides is 1. The molecule has 2 aliphatic rings. The summed E-state index contributed by atoms with van der Waals surface area (Å²) in [6.45, 7) is 8.01. The van der Waals surface area contributed by atoms with Crippen molar-refractivity contribution >= 4 is 17.5 Å². The number of ketones is 1. The molecule has 0 saturated carbocycles. The fourth-order valence-electron chi connectivity index (χ4n) is 4.30. The summed E-state index contributed by atoms with van der Waals surface area (Å²) < 4.78 is 0. The van der Waals surface area contributed by atoms with Crippen LogP contribution in [-0.2, 0) is 9.59 Å². The number of nitrogens with zero attached hydrogens (tertiary/aromatic N) is 2. The van der Waals surface area contributed by atoms with Gasteiger partial charge in [0, 0.05) is 41.4 Å². The number of carbonyl (C=O) groups is 2. The van der Waals surface area contributed by atoms with Crippen LogP contribution < -0.4 is 10.6 Å². The zero-order valence-electron chi connectivity index (χ0n) is 17.7. The van der Waals surface area contributed by atoms with Gasteiger partial charge in [-0.2, -0.15) is 0 Å². The number of carbonyl (C=O) groups excluding carboxylic acids is 2. The summed E-state index contributed by atoms with van der Waals surface area (Å²) in [4.78, 5) is 35.3. The highest BCUT2D eigenvalue weighted by Crippen LogP contribution is 2.46.